The molecule has 14 heavy (non-hydrogen) atoms. The molecule has 0 aliphatic heterocycles. The van der Waals surface area contributed by atoms with E-state index in [1.165, 1.54) is 12.8 Å². The van der Waals surface area contributed by atoms with Crippen molar-refractivity contribution in [2.45, 2.75) is 53.0 Å². The number of hydrazine groups is 1. The summed E-state index contributed by atoms with van der Waals surface area (Å²) in [6.07, 6.45) is 3.42. The maximum Gasteiger partial charge on any atom is 0.0373 e. The second kappa shape index (κ2) is 3.92. The molecule has 0 spiro atoms. The minimum absolute atomic E-state index is 0.101. The standard InChI is InChI=1S/C12H22N2/c1-11(2,3)7-5-6-10(14-13)12(4)8-9-12/h10,14H,6,8-9,13H2,1-4H3. The Bertz CT molecular complexity index is 248. The number of nitrogens with two attached hydrogens (primary N) is 1. The van der Waals surface area contributed by atoms with E-state index < -0.39 is 0 Å². The monoisotopic (exact) mass is 194 g/mol. The molecule has 0 amide bonds. The van der Waals surface area contributed by atoms with Crippen LogP contribution >= 0.6 is 0 Å². The quantitative estimate of drug-likeness (QED) is 0.410. The van der Waals surface area contributed by atoms with Crippen molar-refractivity contribution in [3.63, 3.8) is 0 Å². The number of rotatable bonds is 3. The molecular weight excluding hydrogens is 172 g/mol. The molecule has 0 aromatic carbocycles. The van der Waals surface area contributed by atoms with Crippen LogP contribution in [-0.4, -0.2) is 6.04 Å². The Hall–Kier alpha value is -0.520. The molecule has 1 atom stereocenters. The fourth-order valence-corrected chi connectivity index (χ4v) is 1.47. The van der Waals surface area contributed by atoms with Crippen LogP contribution in [0.1, 0.15) is 47.0 Å². The first kappa shape index (κ1) is 11.6. The highest BCUT2D eigenvalue weighted by molar-refractivity contribution is 5.11. The van der Waals surface area contributed by atoms with Gasteiger partial charge in [-0.3, -0.25) is 11.3 Å². The topological polar surface area (TPSA) is 38.0 Å². The van der Waals surface area contributed by atoms with Gasteiger partial charge in [0, 0.05) is 17.9 Å². The molecule has 1 rings (SSSR count). The molecule has 1 unspecified atom stereocenters. The van der Waals surface area contributed by atoms with E-state index in [2.05, 4.69) is 45.0 Å². The van der Waals surface area contributed by atoms with E-state index in [9.17, 15) is 0 Å². The molecule has 2 nitrogen and oxygen atoms in total. The van der Waals surface area contributed by atoms with E-state index in [0.717, 1.165) is 6.42 Å². The smallest absolute Gasteiger partial charge is 0.0373 e. The van der Waals surface area contributed by atoms with Gasteiger partial charge in [0.2, 0.25) is 0 Å². The van der Waals surface area contributed by atoms with Gasteiger partial charge in [-0.25, -0.2) is 0 Å². The first-order chi connectivity index (χ1) is 6.37. The molecule has 1 fully saturated rings. The third-order valence-corrected chi connectivity index (χ3v) is 2.85. The summed E-state index contributed by atoms with van der Waals surface area (Å²) in [6.45, 7) is 8.66. The summed E-state index contributed by atoms with van der Waals surface area (Å²) in [5.41, 5.74) is 3.39. The van der Waals surface area contributed by atoms with Crippen LogP contribution in [0.15, 0.2) is 0 Å². The Balaban J connectivity index is 2.45. The van der Waals surface area contributed by atoms with Crippen molar-refractivity contribution in [1.82, 2.24) is 5.43 Å². The largest absolute Gasteiger partial charge is 0.271 e. The average molecular weight is 194 g/mol. The van der Waals surface area contributed by atoms with Crippen molar-refractivity contribution in [3.8, 4) is 11.8 Å². The van der Waals surface area contributed by atoms with Crippen molar-refractivity contribution < 1.29 is 0 Å². The lowest BCUT2D eigenvalue weighted by molar-refractivity contribution is 0.367. The molecule has 0 heterocycles. The minimum Gasteiger partial charge on any atom is -0.271 e. The number of hydrogen-bond acceptors (Lipinski definition) is 2. The van der Waals surface area contributed by atoms with Gasteiger partial charge in [-0.15, -0.1) is 5.92 Å². The molecule has 0 aromatic heterocycles. The van der Waals surface area contributed by atoms with Crippen molar-refractivity contribution in [3.05, 3.63) is 0 Å². The lowest BCUT2D eigenvalue weighted by Crippen LogP contribution is -2.40. The summed E-state index contributed by atoms with van der Waals surface area (Å²) in [5.74, 6) is 12.0. The van der Waals surface area contributed by atoms with Gasteiger partial charge in [0.1, 0.15) is 0 Å². The average Bonchev–Trinajstić information content (AvgIpc) is 2.76. The predicted octanol–water partition coefficient (Wildman–Crippen LogP) is 2.06. The lowest BCUT2D eigenvalue weighted by Gasteiger charge is -2.20. The summed E-state index contributed by atoms with van der Waals surface area (Å²) < 4.78 is 0. The Morgan fingerprint density at radius 3 is 2.36 bits per heavy atom. The van der Waals surface area contributed by atoms with E-state index in [1.54, 1.807) is 0 Å². The third kappa shape index (κ3) is 3.32. The second-order valence-corrected chi connectivity index (χ2v) is 5.63. The highest BCUT2D eigenvalue weighted by Gasteiger charge is 2.43. The molecule has 0 bridgehead atoms. The van der Waals surface area contributed by atoms with E-state index >= 15 is 0 Å². The van der Waals surface area contributed by atoms with Gasteiger partial charge in [0.15, 0.2) is 0 Å². The summed E-state index contributed by atoms with van der Waals surface area (Å²) in [4.78, 5) is 0. The van der Waals surface area contributed by atoms with E-state index in [1.807, 2.05) is 0 Å². The zero-order chi connectivity index (χ0) is 10.8. The van der Waals surface area contributed by atoms with Gasteiger partial charge < -0.3 is 0 Å². The van der Waals surface area contributed by atoms with Gasteiger partial charge in [-0.1, -0.05) is 12.8 Å². The van der Waals surface area contributed by atoms with Gasteiger partial charge in [0.25, 0.3) is 0 Å². The Morgan fingerprint density at radius 1 is 1.43 bits per heavy atom. The molecule has 0 saturated heterocycles. The Morgan fingerprint density at radius 2 is 2.00 bits per heavy atom. The molecule has 1 aliphatic rings. The fraction of sp³-hybridized carbons (Fsp3) is 0.833. The summed E-state index contributed by atoms with van der Waals surface area (Å²) in [5, 5.41) is 0. The van der Waals surface area contributed by atoms with Gasteiger partial charge in [-0.05, 0) is 39.0 Å². The number of nitrogens with one attached hydrogen (secondary N) is 1. The van der Waals surface area contributed by atoms with Crippen LogP contribution in [0.25, 0.3) is 0 Å². The van der Waals surface area contributed by atoms with E-state index in [0.29, 0.717) is 11.5 Å². The normalized spacial score (nSPS) is 20.9. The highest BCUT2D eigenvalue weighted by atomic mass is 15.2. The van der Waals surface area contributed by atoms with Crippen LogP contribution in [0.3, 0.4) is 0 Å². The van der Waals surface area contributed by atoms with Crippen LogP contribution in [0.5, 0.6) is 0 Å². The van der Waals surface area contributed by atoms with Crippen LogP contribution in [0, 0.1) is 22.7 Å². The minimum atomic E-state index is 0.101. The SMILES string of the molecule is CC(C)(C)C#CCC(NN)C1(C)CC1. The highest BCUT2D eigenvalue weighted by Crippen LogP contribution is 2.48. The second-order valence-electron chi connectivity index (χ2n) is 5.63. The Kier molecular flexibility index (Phi) is 3.24. The summed E-state index contributed by atoms with van der Waals surface area (Å²) >= 11 is 0. The fourth-order valence-electron chi connectivity index (χ4n) is 1.47. The van der Waals surface area contributed by atoms with Crippen LogP contribution in [-0.2, 0) is 0 Å². The zero-order valence-electron chi connectivity index (χ0n) is 9.78. The maximum absolute atomic E-state index is 5.53. The van der Waals surface area contributed by atoms with Gasteiger partial charge >= 0.3 is 0 Å². The van der Waals surface area contributed by atoms with E-state index in [4.69, 9.17) is 5.84 Å². The molecular formula is C12H22N2. The van der Waals surface area contributed by atoms with Crippen molar-refractivity contribution in [1.29, 1.82) is 0 Å². The molecule has 1 saturated carbocycles. The molecule has 2 heteroatoms. The Labute approximate surface area is 87.6 Å². The van der Waals surface area contributed by atoms with E-state index in [-0.39, 0.29) is 5.41 Å². The molecule has 1 aliphatic carbocycles. The lowest BCUT2D eigenvalue weighted by atomic mass is 9.94. The van der Waals surface area contributed by atoms with Crippen LogP contribution in [0.2, 0.25) is 0 Å². The zero-order valence-corrected chi connectivity index (χ0v) is 9.78. The number of hydrogen-bond donors (Lipinski definition) is 2. The predicted molar refractivity (Wildman–Crippen MR) is 60.3 cm³/mol. The van der Waals surface area contributed by atoms with Crippen molar-refractivity contribution >= 4 is 0 Å². The summed E-state index contributed by atoms with van der Waals surface area (Å²) in [6, 6.07) is 0.359. The van der Waals surface area contributed by atoms with Crippen LogP contribution < -0.4 is 11.3 Å². The maximum atomic E-state index is 5.53. The third-order valence-electron chi connectivity index (χ3n) is 2.85. The van der Waals surface area contributed by atoms with Gasteiger partial charge in [0.05, 0.1) is 0 Å². The molecule has 80 valence electrons. The first-order valence-corrected chi connectivity index (χ1v) is 5.33. The van der Waals surface area contributed by atoms with Crippen molar-refractivity contribution in [2.75, 3.05) is 0 Å². The molecule has 0 aromatic rings. The summed E-state index contributed by atoms with van der Waals surface area (Å²) in [7, 11) is 0. The molecule has 0 radical (unpaired) electrons. The van der Waals surface area contributed by atoms with Crippen molar-refractivity contribution in [2.24, 2.45) is 16.7 Å². The first-order valence-electron chi connectivity index (χ1n) is 5.33. The van der Waals surface area contributed by atoms with Gasteiger partial charge in [-0.2, -0.15) is 0 Å². The van der Waals surface area contributed by atoms with Crippen LogP contribution in [0.4, 0.5) is 0 Å². The molecule has 3 N–H and O–H groups in total.